The van der Waals surface area contributed by atoms with Crippen molar-refractivity contribution in [1.82, 2.24) is 10.6 Å². The molecule has 3 N–H and O–H groups in total. The van der Waals surface area contributed by atoms with Gasteiger partial charge >= 0.3 is 6.03 Å². The summed E-state index contributed by atoms with van der Waals surface area (Å²) in [7, 11) is 0. The fraction of sp³-hybridized carbons (Fsp3) is 0.158. The Hall–Kier alpha value is -2.86. The van der Waals surface area contributed by atoms with Crippen LogP contribution < -0.4 is 16.0 Å². The summed E-state index contributed by atoms with van der Waals surface area (Å²) in [6.07, 6.45) is 0. The molecule has 3 rings (SSSR count). The van der Waals surface area contributed by atoms with E-state index in [-0.39, 0.29) is 11.1 Å². The molecule has 1 aliphatic heterocycles. The zero-order valence-electron chi connectivity index (χ0n) is 14.2. The monoisotopic (exact) mass is 373 g/mol. The molecule has 26 heavy (non-hydrogen) atoms. The van der Waals surface area contributed by atoms with E-state index in [9.17, 15) is 14.0 Å². The van der Waals surface area contributed by atoms with Crippen molar-refractivity contribution in [2.24, 2.45) is 0 Å². The first-order valence-electron chi connectivity index (χ1n) is 7.97. The number of urea groups is 1. The molecule has 0 unspecified atom stereocenters. The molecule has 0 aromatic heterocycles. The van der Waals surface area contributed by atoms with Crippen LogP contribution in [0.2, 0.25) is 5.02 Å². The van der Waals surface area contributed by atoms with Crippen molar-refractivity contribution in [3.8, 4) is 0 Å². The maximum absolute atomic E-state index is 14.3. The molecule has 1 atom stereocenters. The molecule has 1 aliphatic rings. The van der Waals surface area contributed by atoms with Gasteiger partial charge in [0.2, 0.25) is 0 Å². The van der Waals surface area contributed by atoms with E-state index in [4.69, 9.17) is 11.6 Å². The van der Waals surface area contributed by atoms with Crippen LogP contribution in [-0.4, -0.2) is 11.9 Å². The van der Waals surface area contributed by atoms with Crippen molar-refractivity contribution in [2.75, 3.05) is 5.32 Å². The standard InChI is InChI=1S/C19H17ClFN3O2/c1-10-7-8-12(20)9-15(10)23-18(25)16-11(2)22-19(26)24-17(16)13-5-3-4-6-14(13)21/h3-9,17H,1-2H3,(H,23,25)(H2,22,24,26)/t17-/m0/s1. The maximum atomic E-state index is 14.3. The normalized spacial score (nSPS) is 16.8. The number of halogens is 2. The van der Waals surface area contributed by atoms with E-state index >= 15 is 0 Å². The van der Waals surface area contributed by atoms with Crippen molar-refractivity contribution >= 4 is 29.2 Å². The number of anilines is 1. The fourth-order valence-electron chi connectivity index (χ4n) is 2.86. The van der Waals surface area contributed by atoms with E-state index in [1.165, 1.54) is 12.1 Å². The molecule has 2 aromatic rings. The minimum Gasteiger partial charge on any atom is -0.327 e. The summed E-state index contributed by atoms with van der Waals surface area (Å²) in [6.45, 7) is 3.44. The SMILES string of the molecule is CC1=C(C(=O)Nc2cc(Cl)ccc2C)[C@H](c2ccccc2F)NC(=O)N1. The molecule has 0 fully saturated rings. The number of aryl methyl sites for hydroxylation is 1. The van der Waals surface area contributed by atoms with E-state index < -0.39 is 23.8 Å². The topological polar surface area (TPSA) is 70.2 Å². The van der Waals surface area contributed by atoms with E-state index in [0.29, 0.717) is 16.4 Å². The Bertz CT molecular complexity index is 927. The van der Waals surface area contributed by atoms with Gasteiger partial charge in [0, 0.05) is 22.0 Å². The summed E-state index contributed by atoms with van der Waals surface area (Å²) in [5, 5.41) is 8.45. The lowest BCUT2D eigenvalue weighted by Gasteiger charge is -2.29. The van der Waals surface area contributed by atoms with Crippen LogP contribution in [0.25, 0.3) is 0 Å². The van der Waals surface area contributed by atoms with Crippen LogP contribution in [0.4, 0.5) is 14.9 Å². The molecular formula is C19H17ClFN3O2. The summed E-state index contributed by atoms with van der Waals surface area (Å²) in [5.74, 6) is -0.953. The van der Waals surface area contributed by atoms with Crippen molar-refractivity contribution < 1.29 is 14.0 Å². The lowest BCUT2D eigenvalue weighted by molar-refractivity contribution is -0.113. The average molecular weight is 374 g/mol. The molecule has 0 spiro atoms. The molecule has 1 heterocycles. The highest BCUT2D eigenvalue weighted by Crippen LogP contribution is 2.30. The predicted molar refractivity (Wildman–Crippen MR) is 98.3 cm³/mol. The van der Waals surface area contributed by atoms with Crippen LogP contribution in [-0.2, 0) is 4.79 Å². The van der Waals surface area contributed by atoms with Gasteiger partial charge in [-0.15, -0.1) is 0 Å². The molecule has 0 bridgehead atoms. The molecule has 0 aliphatic carbocycles. The molecule has 5 nitrogen and oxygen atoms in total. The van der Waals surface area contributed by atoms with Crippen LogP contribution in [0, 0.1) is 12.7 Å². The minimum atomic E-state index is -0.899. The number of amides is 3. The second-order valence-electron chi connectivity index (χ2n) is 6.01. The second-order valence-corrected chi connectivity index (χ2v) is 6.44. The molecule has 0 radical (unpaired) electrons. The summed E-state index contributed by atoms with van der Waals surface area (Å²) in [6, 6.07) is 9.78. The van der Waals surface area contributed by atoms with E-state index in [2.05, 4.69) is 16.0 Å². The Balaban J connectivity index is 2.00. The number of nitrogens with one attached hydrogen (secondary N) is 3. The van der Waals surface area contributed by atoms with Gasteiger partial charge < -0.3 is 16.0 Å². The second kappa shape index (κ2) is 7.17. The van der Waals surface area contributed by atoms with Crippen molar-refractivity contribution in [2.45, 2.75) is 19.9 Å². The quantitative estimate of drug-likeness (QED) is 0.759. The first-order chi connectivity index (χ1) is 12.4. The zero-order chi connectivity index (χ0) is 18.8. The number of carbonyl (C=O) groups excluding carboxylic acids is 2. The Morgan fingerprint density at radius 3 is 2.65 bits per heavy atom. The van der Waals surface area contributed by atoms with Crippen LogP contribution in [0.1, 0.15) is 24.1 Å². The van der Waals surface area contributed by atoms with Crippen LogP contribution in [0.5, 0.6) is 0 Å². The fourth-order valence-corrected chi connectivity index (χ4v) is 3.03. The highest BCUT2D eigenvalue weighted by Gasteiger charge is 2.32. The maximum Gasteiger partial charge on any atom is 0.319 e. The molecular weight excluding hydrogens is 357 g/mol. The molecule has 0 saturated heterocycles. The Morgan fingerprint density at radius 2 is 1.92 bits per heavy atom. The minimum absolute atomic E-state index is 0.217. The predicted octanol–water partition coefficient (Wildman–Crippen LogP) is 4.05. The molecule has 134 valence electrons. The Morgan fingerprint density at radius 1 is 1.19 bits per heavy atom. The first-order valence-corrected chi connectivity index (χ1v) is 8.35. The number of hydrogen-bond acceptors (Lipinski definition) is 2. The Labute approximate surface area is 155 Å². The van der Waals surface area contributed by atoms with E-state index in [0.717, 1.165) is 5.56 Å². The van der Waals surface area contributed by atoms with Gasteiger partial charge in [-0.2, -0.15) is 0 Å². The highest BCUT2D eigenvalue weighted by atomic mass is 35.5. The van der Waals surface area contributed by atoms with Crippen LogP contribution >= 0.6 is 11.6 Å². The van der Waals surface area contributed by atoms with E-state index in [1.807, 2.05) is 6.92 Å². The Kier molecular flexibility index (Phi) is 4.95. The zero-order valence-corrected chi connectivity index (χ0v) is 14.9. The van der Waals surface area contributed by atoms with Gasteiger partial charge in [0.25, 0.3) is 5.91 Å². The lowest BCUT2D eigenvalue weighted by Crippen LogP contribution is -2.46. The number of allylic oxidation sites excluding steroid dienone is 1. The van der Waals surface area contributed by atoms with Gasteiger partial charge in [-0.25, -0.2) is 9.18 Å². The van der Waals surface area contributed by atoms with Gasteiger partial charge in [-0.05, 0) is 37.6 Å². The molecule has 3 amide bonds. The van der Waals surface area contributed by atoms with Gasteiger partial charge in [0.1, 0.15) is 5.82 Å². The summed E-state index contributed by atoms with van der Waals surface area (Å²) in [4.78, 5) is 24.8. The smallest absolute Gasteiger partial charge is 0.319 e. The van der Waals surface area contributed by atoms with Gasteiger partial charge in [0.15, 0.2) is 0 Å². The summed E-state index contributed by atoms with van der Waals surface area (Å²) in [5.41, 5.74) is 2.19. The first kappa shape index (κ1) is 17.9. The molecule has 0 saturated carbocycles. The van der Waals surface area contributed by atoms with Crippen LogP contribution in [0.3, 0.4) is 0 Å². The van der Waals surface area contributed by atoms with E-state index in [1.54, 1.807) is 37.3 Å². The largest absolute Gasteiger partial charge is 0.327 e. The lowest BCUT2D eigenvalue weighted by atomic mass is 9.94. The van der Waals surface area contributed by atoms with Crippen molar-refractivity contribution in [3.05, 3.63) is 75.7 Å². The summed E-state index contributed by atoms with van der Waals surface area (Å²) >= 11 is 6.00. The number of hydrogen-bond donors (Lipinski definition) is 3. The third-order valence-electron chi connectivity index (χ3n) is 4.18. The number of carbonyl (C=O) groups is 2. The number of benzene rings is 2. The third-order valence-corrected chi connectivity index (χ3v) is 4.41. The van der Waals surface area contributed by atoms with Crippen molar-refractivity contribution in [3.63, 3.8) is 0 Å². The molecule has 7 heteroatoms. The number of rotatable bonds is 3. The highest BCUT2D eigenvalue weighted by molar-refractivity contribution is 6.31. The third kappa shape index (κ3) is 3.55. The van der Waals surface area contributed by atoms with Gasteiger partial charge in [-0.3, -0.25) is 4.79 Å². The van der Waals surface area contributed by atoms with Gasteiger partial charge in [0.05, 0.1) is 11.6 Å². The van der Waals surface area contributed by atoms with Crippen molar-refractivity contribution in [1.29, 1.82) is 0 Å². The van der Waals surface area contributed by atoms with Crippen LogP contribution in [0.15, 0.2) is 53.7 Å². The average Bonchev–Trinajstić information content (AvgIpc) is 2.57. The summed E-state index contributed by atoms with van der Waals surface area (Å²) < 4.78 is 14.3. The van der Waals surface area contributed by atoms with Gasteiger partial charge in [-0.1, -0.05) is 35.9 Å². The molecule has 2 aromatic carbocycles.